The maximum Gasteiger partial charge on any atom is 0.322 e. The topological polar surface area (TPSA) is 71.3 Å². The average molecular weight is 497 g/mol. The Kier molecular flexibility index (Phi) is 5.93. The lowest BCUT2D eigenvalue weighted by Gasteiger charge is -2.35. The predicted molar refractivity (Wildman–Crippen MR) is 130 cm³/mol. The molecule has 1 aliphatic heterocycles. The molecule has 0 fully saturated rings. The van der Waals surface area contributed by atoms with Crippen LogP contribution in [0.1, 0.15) is 29.3 Å². The van der Waals surface area contributed by atoms with Gasteiger partial charge < -0.3 is 9.84 Å². The van der Waals surface area contributed by atoms with Gasteiger partial charge in [0.25, 0.3) is 5.89 Å². The lowest BCUT2D eigenvalue weighted by Crippen LogP contribution is -2.45. The molecule has 1 aliphatic rings. The number of benzene rings is 2. The minimum atomic E-state index is -0.465. The smallest absolute Gasteiger partial charge is 0.322 e. The SMILES string of the molecule is CC1=C(c2nc(-c3ccc(Cl)cc3)no2)C(c2ccc(Cl)cc2)NC(=O)N1Cc1cccs1. The van der Waals surface area contributed by atoms with E-state index in [4.69, 9.17) is 27.7 Å². The summed E-state index contributed by atoms with van der Waals surface area (Å²) in [5, 5.41) is 10.5. The largest absolute Gasteiger partial charge is 0.334 e. The van der Waals surface area contributed by atoms with Crippen LogP contribution in [0, 0.1) is 0 Å². The highest BCUT2D eigenvalue weighted by molar-refractivity contribution is 7.09. The van der Waals surface area contributed by atoms with Crippen LogP contribution < -0.4 is 5.32 Å². The fourth-order valence-electron chi connectivity index (χ4n) is 3.76. The van der Waals surface area contributed by atoms with Crippen molar-refractivity contribution in [3.05, 3.63) is 98.1 Å². The van der Waals surface area contributed by atoms with Gasteiger partial charge in [0.1, 0.15) is 0 Å². The van der Waals surface area contributed by atoms with E-state index in [0.29, 0.717) is 28.3 Å². The second-order valence-corrected chi connectivity index (χ2v) is 9.43. The third-order valence-corrected chi connectivity index (χ3v) is 6.82. The number of carbonyl (C=O) groups excluding carboxylic acids is 1. The lowest BCUT2D eigenvalue weighted by molar-refractivity contribution is 0.203. The second kappa shape index (κ2) is 9.02. The van der Waals surface area contributed by atoms with Gasteiger partial charge >= 0.3 is 6.03 Å². The van der Waals surface area contributed by atoms with Crippen LogP contribution in [-0.4, -0.2) is 21.1 Å². The molecule has 4 aromatic rings. The van der Waals surface area contributed by atoms with Crippen molar-refractivity contribution in [1.29, 1.82) is 0 Å². The number of aromatic nitrogens is 2. The Hall–Kier alpha value is -3.13. The molecule has 0 saturated heterocycles. The Morgan fingerprint density at radius 3 is 2.42 bits per heavy atom. The van der Waals surface area contributed by atoms with Crippen LogP contribution in [0.2, 0.25) is 10.0 Å². The second-order valence-electron chi connectivity index (χ2n) is 7.53. The van der Waals surface area contributed by atoms with Gasteiger partial charge in [-0.3, -0.25) is 4.90 Å². The van der Waals surface area contributed by atoms with Crippen LogP contribution in [0.3, 0.4) is 0 Å². The number of carbonyl (C=O) groups is 1. The van der Waals surface area contributed by atoms with Gasteiger partial charge in [-0.25, -0.2) is 4.79 Å². The number of allylic oxidation sites excluding steroid dienone is 1. The number of thiophene rings is 1. The number of hydrogen-bond acceptors (Lipinski definition) is 5. The molecular weight excluding hydrogens is 479 g/mol. The molecule has 166 valence electrons. The summed E-state index contributed by atoms with van der Waals surface area (Å²) in [5.74, 6) is 0.784. The van der Waals surface area contributed by atoms with E-state index < -0.39 is 6.04 Å². The number of hydrogen-bond donors (Lipinski definition) is 1. The van der Waals surface area contributed by atoms with Crippen molar-refractivity contribution in [2.75, 3.05) is 0 Å². The van der Waals surface area contributed by atoms with Gasteiger partial charge in [0.2, 0.25) is 5.82 Å². The van der Waals surface area contributed by atoms with Crippen LogP contribution in [0.15, 0.2) is 76.3 Å². The maximum atomic E-state index is 13.1. The molecule has 0 bridgehead atoms. The van der Waals surface area contributed by atoms with Crippen molar-refractivity contribution >= 4 is 46.1 Å². The number of nitrogens with one attached hydrogen (secondary N) is 1. The molecule has 0 radical (unpaired) electrons. The molecule has 2 aromatic heterocycles. The van der Waals surface area contributed by atoms with E-state index >= 15 is 0 Å². The zero-order valence-electron chi connectivity index (χ0n) is 17.5. The van der Waals surface area contributed by atoms with Gasteiger partial charge in [0.05, 0.1) is 18.2 Å². The predicted octanol–water partition coefficient (Wildman–Crippen LogP) is 6.80. The molecule has 9 heteroatoms. The summed E-state index contributed by atoms with van der Waals surface area (Å²) in [7, 11) is 0. The summed E-state index contributed by atoms with van der Waals surface area (Å²) in [5.41, 5.74) is 3.13. The zero-order valence-corrected chi connectivity index (χ0v) is 19.8. The van der Waals surface area contributed by atoms with E-state index in [1.165, 1.54) is 0 Å². The Labute approximate surface area is 204 Å². The van der Waals surface area contributed by atoms with E-state index in [9.17, 15) is 4.79 Å². The standard InChI is InChI=1S/C24H18Cl2N4O2S/c1-14-20(23-28-22(29-32-23)16-6-10-18(26)11-7-16)21(15-4-8-17(25)9-5-15)27-24(31)30(14)13-19-3-2-12-33-19/h2-12,21H,13H2,1H3,(H,27,31). The summed E-state index contributed by atoms with van der Waals surface area (Å²) in [4.78, 5) is 20.5. The van der Waals surface area contributed by atoms with Gasteiger partial charge in [-0.05, 0) is 60.3 Å². The highest BCUT2D eigenvalue weighted by Crippen LogP contribution is 2.38. The number of rotatable bonds is 5. The molecule has 5 rings (SSSR count). The third-order valence-electron chi connectivity index (χ3n) is 5.45. The molecule has 2 amide bonds. The van der Waals surface area contributed by atoms with Crippen molar-refractivity contribution in [3.63, 3.8) is 0 Å². The highest BCUT2D eigenvalue weighted by Gasteiger charge is 2.35. The Bertz CT molecular complexity index is 1320. The normalized spacial score (nSPS) is 16.3. The van der Waals surface area contributed by atoms with Crippen LogP contribution in [0.4, 0.5) is 4.79 Å². The number of urea groups is 1. The van der Waals surface area contributed by atoms with Crippen molar-refractivity contribution in [2.24, 2.45) is 0 Å². The van der Waals surface area contributed by atoms with E-state index in [1.807, 2.05) is 48.7 Å². The van der Waals surface area contributed by atoms with E-state index in [2.05, 4.69) is 15.5 Å². The first kappa shape index (κ1) is 21.7. The Morgan fingerprint density at radius 1 is 1.06 bits per heavy atom. The van der Waals surface area contributed by atoms with E-state index in [-0.39, 0.29) is 6.03 Å². The van der Waals surface area contributed by atoms with Gasteiger partial charge in [0, 0.05) is 26.2 Å². The van der Waals surface area contributed by atoms with Gasteiger partial charge in [-0.15, -0.1) is 11.3 Å². The highest BCUT2D eigenvalue weighted by atomic mass is 35.5. The monoisotopic (exact) mass is 496 g/mol. The molecule has 1 N–H and O–H groups in total. The van der Waals surface area contributed by atoms with Crippen LogP contribution >= 0.6 is 34.5 Å². The average Bonchev–Trinajstić information content (AvgIpc) is 3.50. The molecule has 0 spiro atoms. The van der Waals surface area contributed by atoms with Crippen molar-refractivity contribution < 1.29 is 9.32 Å². The summed E-state index contributed by atoms with van der Waals surface area (Å²) in [6, 6.07) is 17.9. The Balaban J connectivity index is 1.59. The lowest BCUT2D eigenvalue weighted by atomic mass is 9.94. The van der Waals surface area contributed by atoms with Gasteiger partial charge in [0.15, 0.2) is 0 Å². The number of nitrogens with zero attached hydrogens (tertiary/aromatic N) is 3. The fourth-order valence-corrected chi connectivity index (χ4v) is 4.71. The minimum absolute atomic E-state index is 0.193. The molecule has 1 atom stereocenters. The van der Waals surface area contributed by atoms with Crippen molar-refractivity contribution in [3.8, 4) is 11.4 Å². The van der Waals surface area contributed by atoms with Crippen molar-refractivity contribution in [2.45, 2.75) is 19.5 Å². The third kappa shape index (κ3) is 4.39. The zero-order chi connectivity index (χ0) is 22.9. The van der Waals surface area contributed by atoms with Crippen LogP contribution in [-0.2, 0) is 6.54 Å². The van der Waals surface area contributed by atoms with E-state index in [1.54, 1.807) is 40.5 Å². The molecule has 1 unspecified atom stereocenters. The van der Waals surface area contributed by atoms with Crippen molar-refractivity contribution in [1.82, 2.24) is 20.4 Å². The first-order valence-electron chi connectivity index (χ1n) is 10.2. The van der Waals surface area contributed by atoms with Crippen LogP contribution in [0.25, 0.3) is 17.0 Å². The quantitative estimate of drug-likeness (QED) is 0.329. The van der Waals surface area contributed by atoms with E-state index in [0.717, 1.165) is 27.3 Å². The van der Waals surface area contributed by atoms with Crippen LogP contribution in [0.5, 0.6) is 0 Å². The summed E-state index contributed by atoms with van der Waals surface area (Å²) in [6.45, 7) is 2.35. The molecule has 0 aliphatic carbocycles. The maximum absolute atomic E-state index is 13.1. The Morgan fingerprint density at radius 2 is 1.76 bits per heavy atom. The number of halogens is 2. The first-order chi connectivity index (χ1) is 16.0. The summed E-state index contributed by atoms with van der Waals surface area (Å²) in [6.07, 6.45) is 0. The molecule has 2 aromatic carbocycles. The molecule has 0 saturated carbocycles. The molecule has 3 heterocycles. The minimum Gasteiger partial charge on any atom is -0.334 e. The molecule has 6 nitrogen and oxygen atoms in total. The van der Waals surface area contributed by atoms with Gasteiger partial charge in [-0.1, -0.05) is 46.6 Å². The summed E-state index contributed by atoms with van der Waals surface area (Å²) >= 11 is 13.7. The molecule has 33 heavy (non-hydrogen) atoms. The first-order valence-corrected chi connectivity index (χ1v) is 11.8. The molecular formula is C24H18Cl2N4O2S. The summed E-state index contributed by atoms with van der Waals surface area (Å²) < 4.78 is 5.70. The fraction of sp³-hybridized carbons (Fsp3) is 0.125. The van der Waals surface area contributed by atoms with Gasteiger partial charge in [-0.2, -0.15) is 4.98 Å². The number of amides is 2.